The molecule has 0 aliphatic heterocycles. The monoisotopic (exact) mass is 276 g/mol. The van der Waals surface area contributed by atoms with Crippen molar-refractivity contribution >= 4 is 5.91 Å². The predicted molar refractivity (Wildman–Crippen MR) is 63.7 cm³/mol. The first-order valence-electron chi connectivity index (χ1n) is 5.51. The maximum Gasteiger partial charge on any atom is 0.573 e. The second-order valence-corrected chi connectivity index (χ2v) is 4.61. The molecule has 0 radical (unpaired) electrons. The summed E-state index contributed by atoms with van der Waals surface area (Å²) in [6.45, 7) is 3.73. The van der Waals surface area contributed by atoms with Crippen LogP contribution in [0.1, 0.15) is 24.2 Å². The first-order chi connectivity index (χ1) is 8.63. The predicted octanol–water partition coefficient (Wildman–Crippen LogP) is 2.05. The van der Waals surface area contributed by atoms with Crippen LogP contribution in [0.3, 0.4) is 0 Å². The number of alkyl halides is 3. The van der Waals surface area contributed by atoms with Crippen molar-refractivity contribution in [2.45, 2.75) is 25.7 Å². The van der Waals surface area contributed by atoms with E-state index in [9.17, 15) is 18.0 Å². The quantitative estimate of drug-likeness (QED) is 0.884. The van der Waals surface area contributed by atoms with E-state index in [4.69, 9.17) is 5.73 Å². The Morgan fingerprint density at radius 1 is 1.26 bits per heavy atom. The number of carbonyl (C=O) groups excluding carboxylic acids is 1. The lowest BCUT2D eigenvalue weighted by atomic mass is 10.1. The highest BCUT2D eigenvalue weighted by molar-refractivity contribution is 5.94. The van der Waals surface area contributed by atoms with Crippen molar-refractivity contribution in [2.75, 3.05) is 6.54 Å². The van der Waals surface area contributed by atoms with E-state index >= 15 is 0 Å². The van der Waals surface area contributed by atoms with Crippen molar-refractivity contribution in [3.8, 4) is 5.75 Å². The molecule has 0 fully saturated rings. The number of rotatable bonds is 4. The van der Waals surface area contributed by atoms with E-state index in [1.165, 1.54) is 12.1 Å². The highest BCUT2D eigenvalue weighted by Gasteiger charge is 2.31. The average Bonchev–Trinajstić information content (AvgIpc) is 2.27. The van der Waals surface area contributed by atoms with Gasteiger partial charge in [0, 0.05) is 17.6 Å². The third kappa shape index (κ3) is 5.17. The molecule has 3 N–H and O–H groups in total. The summed E-state index contributed by atoms with van der Waals surface area (Å²) in [6, 6.07) is 4.67. The van der Waals surface area contributed by atoms with E-state index in [1.807, 2.05) is 0 Å². The standard InChI is InChI=1S/C12H15F3N2O2/c1-11(2,7-16)17-10(18)8-3-5-9(6-4-8)19-12(13,14)15/h3-6H,7,16H2,1-2H3,(H,17,18). The molecule has 0 spiro atoms. The fourth-order valence-corrected chi connectivity index (χ4v) is 1.24. The molecule has 1 aromatic carbocycles. The van der Waals surface area contributed by atoms with Crippen molar-refractivity contribution < 1.29 is 22.7 Å². The maximum absolute atomic E-state index is 12.0. The second-order valence-electron chi connectivity index (χ2n) is 4.61. The molecule has 0 aromatic heterocycles. The molecule has 7 heteroatoms. The average molecular weight is 276 g/mol. The van der Waals surface area contributed by atoms with Gasteiger partial charge in [0.15, 0.2) is 0 Å². The molecule has 0 unspecified atom stereocenters. The number of carbonyl (C=O) groups is 1. The normalized spacial score (nSPS) is 12.1. The number of hydrogen-bond acceptors (Lipinski definition) is 3. The fraction of sp³-hybridized carbons (Fsp3) is 0.417. The lowest BCUT2D eigenvalue weighted by Gasteiger charge is -2.24. The minimum atomic E-state index is -4.74. The molecule has 0 heterocycles. The van der Waals surface area contributed by atoms with Crippen molar-refractivity contribution in [1.29, 1.82) is 0 Å². The van der Waals surface area contributed by atoms with Gasteiger partial charge in [-0.3, -0.25) is 4.79 Å². The van der Waals surface area contributed by atoms with Crippen molar-refractivity contribution in [3.63, 3.8) is 0 Å². The highest BCUT2D eigenvalue weighted by Crippen LogP contribution is 2.22. The number of ether oxygens (including phenoxy) is 1. The molecule has 1 aromatic rings. The van der Waals surface area contributed by atoms with Crippen molar-refractivity contribution in [2.24, 2.45) is 5.73 Å². The lowest BCUT2D eigenvalue weighted by Crippen LogP contribution is -2.48. The third-order valence-electron chi connectivity index (χ3n) is 2.31. The van der Waals surface area contributed by atoms with Crippen molar-refractivity contribution in [3.05, 3.63) is 29.8 Å². The van der Waals surface area contributed by atoms with Gasteiger partial charge in [0.25, 0.3) is 5.91 Å². The Labute approximate surface area is 108 Å². The fourth-order valence-electron chi connectivity index (χ4n) is 1.24. The van der Waals surface area contributed by atoms with Crippen LogP contribution in [0.25, 0.3) is 0 Å². The number of nitrogens with one attached hydrogen (secondary N) is 1. The van der Waals surface area contributed by atoms with Gasteiger partial charge in [0.2, 0.25) is 0 Å². The van der Waals surface area contributed by atoms with Gasteiger partial charge in [-0.05, 0) is 38.1 Å². The summed E-state index contributed by atoms with van der Waals surface area (Å²) in [5.41, 5.74) is 5.11. The number of nitrogens with two attached hydrogens (primary N) is 1. The Morgan fingerprint density at radius 3 is 2.21 bits per heavy atom. The Hall–Kier alpha value is -1.76. The van der Waals surface area contributed by atoms with Crippen LogP contribution in [0.15, 0.2) is 24.3 Å². The Kier molecular flexibility index (Phi) is 4.41. The van der Waals surface area contributed by atoms with Gasteiger partial charge in [-0.1, -0.05) is 0 Å². The van der Waals surface area contributed by atoms with Crippen molar-refractivity contribution in [1.82, 2.24) is 5.32 Å². The molecule has 0 aliphatic rings. The molecule has 0 saturated heterocycles. The van der Waals surface area contributed by atoms with E-state index in [-0.39, 0.29) is 17.9 Å². The molecule has 4 nitrogen and oxygen atoms in total. The number of hydrogen-bond donors (Lipinski definition) is 2. The Morgan fingerprint density at radius 2 is 1.79 bits per heavy atom. The van der Waals surface area contributed by atoms with Crippen LogP contribution in [0.2, 0.25) is 0 Å². The van der Waals surface area contributed by atoms with Crippen LogP contribution >= 0.6 is 0 Å². The van der Waals surface area contributed by atoms with Crippen LogP contribution in [-0.2, 0) is 0 Å². The minimum Gasteiger partial charge on any atom is -0.406 e. The molecule has 0 atom stereocenters. The van der Waals surface area contributed by atoms with E-state index in [1.54, 1.807) is 13.8 Å². The van der Waals surface area contributed by atoms with Crippen LogP contribution in [-0.4, -0.2) is 24.4 Å². The molecule has 0 aliphatic carbocycles. The summed E-state index contributed by atoms with van der Waals surface area (Å²) in [5, 5.41) is 2.66. The minimum absolute atomic E-state index is 0.232. The summed E-state index contributed by atoms with van der Waals surface area (Å²) in [5.74, 6) is -0.781. The second kappa shape index (κ2) is 5.48. The van der Waals surface area contributed by atoms with Gasteiger partial charge in [0.05, 0.1) is 0 Å². The molecule has 1 amide bonds. The molecule has 1 rings (SSSR count). The smallest absolute Gasteiger partial charge is 0.406 e. The first kappa shape index (κ1) is 15.3. The molecular formula is C12H15F3N2O2. The van der Waals surface area contributed by atoms with Gasteiger partial charge in [-0.15, -0.1) is 13.2 Å². The van der Waals surface area contributed by atoms with Gasteiger partial charge in [-0.25, -0.2) is 0 Å². The summed E-state index contributed by atoms with van der Waals surface area (Å²) in [6.07, 6.45) is -4.74. The Bertz CT molecular complexity index is 441. The number of amides is 1. The largest absolute Gasteiger partial charge is 0.573 e. The highest BCUT2D eigenvalue weighted by atomic mass is 19.4. The topological polar surface area (TPSA) is 64.3 Å². The maximum atomic E-state index is 12.0. The SMILES string of the molecule is CC(C)(CN)NC(=O)c1ccc(OC(F)(F)F)cc1. The van der Waals surface area contributed by atoms with Gasteiger partial charge in [0.1, 0.15) is 5.75 Å². The summed E-state index contributed by atoms with van der Waals surface area (Å²) in [7, 11) is 0. The van der Waals surface area contributed by atoms with Crippen LogP contribution < -0.4 is 15.8 Å². The van der Waals surface area contributed by atoms with Gasteiger partial charge < -0.3 is 15.8 Å². The van der Waals surface area contributed by atoms with Gasteiger partial charge >= 0.3 is 6.36 Å². The molecule has 19 heavy (non-hydrogen) atoms. The molecule has 106 valence electrons. The van der Waals surface area contributed by atoms with Gasteiger partial charge in [-0.2, -0.15) is 0 Å². The zero-order valence-corrected chi connectivity index (χ0v) is 10.5. The summed E-state index contributed by atoms with van der Waals surface area (Å²) >= 11 is 0. The van der Waals surface area contributed by atoms with Crippen LogP contribution in [0.5, 0.6) is 5.75 Å². The van der Waals surface area contributed by atoms with Crippen LogP contribution in [0.4, 0.5) is 13.2 Å². The summed E-state index contributed by atoms with van der Waals surface area (Å²) in [4.78, 5) is 11.8. The first-order valence-corrected chi connectivity index (χ1v) is 5.51. The number of halogens is 3. The van der Waals surface area contributed by atoms with Crippen LogP contribution in [0, 0.1) is 0 Å². The third-order valence-corrected chi connectivity index (χ3v) is 2.31. The molecular weight excluding hydrogens is 261 g/mol. The van der Waals surface area contributed by atoms with E-state index in [2.05, 4.69) is 10.1 Å². The van der Waals surface area contributed by atoms with E-state index in [0.29, 0.717) is 0 Å². The Balaban J connectivity index is 2.74. The van der Waals surface area contributed by atoms with E-state index in [0.717, 1.165) is 12.1 Å². The lowest BCUT2D eigenvalue weighted by molar-refractivity contribution is -0.274. The zero-order valence-electron chi connectivity index (χ0n) is 10.5. The zero-order chi connectivity index (χ0) is 14.7. The number of benzene rings is 1. The molecule has 0 saturated carbocycles. The summed E-state index contributed by atoms with van der Waals surface area (Å²) < 4.78 is 39.6. The van der Waals surface area contributed by atoms with E-state index < -0.39 is 17.8 Å². The molecule has 0 bridgehead atoms.